The van der Waals surface area contributed by atoms with Crippen LogP contribution in [0.3, 0.4) is 0 Å². The summed E-state index contributed by atoms with van der Waals surface area (Å²) in [6.07, 6.45) is 3.30. The maximum Gasteiger partial charge on any atom is 0.135 e. The van der Waals surface area contributed by atoms with Crippen molar-refractivity contribution >= 4 is 33.3 Å². The summed E-state index contributed by atoms with van der Waals surface area (Å²) in [5.41, 5.74) is 1.92. The molecule has 0 aliphatic heterocycles. The zero-order chi connectivity index (χ0) is 15.2. The van der Waals surface area contributed by atoms with E-state index < -0.39 is 0 Å². The molecule has 0 saturated heterocycles. The molecule has 0 aliphatic carbocycles. The van der Waals surface area contributed by atoms with Crippen LogP contribution in [-0.2, 0) is 6.54 Å². The summed E-state index contributed by atoms with van der Waals surface area (Å²) in [6.45, 7) is 0.619. The fourth-order valence-corrected chi connectivity index (χ4v) is 2.32. The van der Waals surface area contributed by atoms with Crippen LogP contribution in [0.2, 0.25) is 0 Å². The highest BCUT2D eigenvalue weighted by Crippen LogP contribution is 2.20. The van der Waals surface area contributed by atoms with Gasteiger partial charge in [-0.05, 0) is 30.3 Å². The predicted molar refractivity (Wildman–Crippen MR) is 91.0 cm³/mol. The number of hydrogen-bond acceptors (Lipinski definition) is 5. The molecule has 6 heteroatoms. The molecule has 0 saturated carbocycles. The molecule has 5 nitrogen and oxygen atoms in total. The second kappa shape index (κ2) is 7.00. The van der Waals surface area contributed by atoms with E-state index in [1.807, 2.05) is 48.5 Å². The van der Waals surface area contributed by atoms with Crippen LogP contribution in [0.1, 0.15) is 5.69 Å². The maximum atomic E-state index is 4.27. The Labute approximate surface area is 137 Å². The lowest BCUT2D eigenvalue weighted by molar-refractivity contribution is 1.02. The van der Waals surface area contributed by atoms with E-state index in [2.05, 4.69) is 41.5 Å². The quantitative estimate of drug-likeness (QED) is 0.724. The van der Waals surface area contributed by atoms with E-state index >= 15 is 0 Å². The number of anilines is 3. The Balaban J connectivity index is 1.67. The zero-order valence-electron chi connectivity index (χ0n) is 11.7. The molecule has 0 aliphatic rings. The van der Waals surface area contributed by atoms with Crippen molar-refractivity contribution in [3.05, 3.63) is 71.2 Å². The maximum absolute atomic E-state index is 4.27. The lowest BCUT2D eigenvalue weighted by Crippen LogP contribution is -2.04. The Kier molecular flexibility index (Phi) is 4.60. The van der Waals surface area contributed by atoms with E-state index in [1.165, 1.54) is 6.33 Å². The van der Waals surface area contributed by atoms with Gasteiger partial charge >= 0.3 is 0 Å². The summed E-state index contributed by atoms with van der Waals surface area (Å²) in [5.74, 6) is 1.48. The van der Waals surface area contributed by atoms with Crippen molar-refractivity contribution in [2.45, 2.75) is 6.54 Å². The Morgan fingerprint density at radius 2 is 1.82 bits per heavy atom. The van der Waals surface area contributed by atoms with Crippen LogP contribution < -0.4 is 10.6 Å². The van der Waals surface area contributed by atoms with Gasteiger partial charge in [0.05, 0.1) is 12.2 Å². The molecule has 3 aromatic rings. The van der Waals surface area contributed by atoms with Crippen LogP contribution in [0.25, 0.3) is 0 Å². The minimum Gasteiger partial charge on any atom is -0.364 e. The standard InChI is InChI=1S/C16H14BrN5/c17-12-4-3-6-13(8-12)22-16-9-15(20-11-21-16)19-10-14-5-1-2-7-18-14/h1-9,11H,10H2,(H2,19,20,21,22). The molecule has 0 fully saturated rings. The molecule has 1 aromatic carbocycles. The van der Waals surface area contributed by atoms with Crippen LogP contribution in [0.15, 0.2) is 65.5 Å². The van der Waals surface area contributed by atoms with E-state index in [-0.39, 0.29) is 0 Å². The Bertz CT molecular complexity index is 748. The van der Waals surface area contributed by atoms with E-state index in [9.17, 15) is 0 Å². The average molecular weight is 356 g/mol. The molecular formula is C16H14BrN5. The highest BCUT2D eigenvalue weighted by Gasteiger charge is 2.01. The summed E-state index contributed by atoms with van der Waals surface area (Å²) in [4.78, 5) is 12.7. The fraction of sp³-hybridized carbons (Fsp3) is 0.0625. The first kappa shape index (κ1) is 14.5. The van der Waals surface area contributed by atoms with Gasteiger partial charge in [0.15, 0.2) is 0 Å². The second-order valence-corrected chi connectivity index (χ2v) is 5.51. The second-order valence-electron chi connectivity index (χ2n) is 4.60. The van der Waals surface area contributed by atoms with Gasteiger partial charge in [-0.2, -0.15) is 0 Å². The lowest BCUT2D eigenvalue weighted by atomic mass is 10.3. The molecule has 0 bridgehead atoms. The van der Waals surface area contributed by atoms with Crippen LogP contribution in [0, 0.1) is 0 Å². The lowest BCUT2D eigenvalue weighted by Gasteiger charge is -2.08. The van der Waals surface area contributed by atoms with Crippen LogP contribution >= 0.6 is 15.9 Å². The van der Waals surface area contributed by atoms with Gasteiger partial charge in [-0.1, -0.05) is 28.1 Å². The number of rotatable bonds is 5. The summed E-state index contributed by atoms with van der Waals surface area (Å²) < 4.78 is 1.01. The average Bonchev–Trinajstić information content (AvgIpc) is 2.54. The van der Waals surface area contributed by atoms with Crippen molar-refractivity contribution in [3.8, 4) is 0 Å². The highest BCUT2D eigenvalue weighted by atomic mass is 79.9. The van der Waals surface area contributed by atoms with Gasteiger partial charge in [-0.15, -0.1) is 0 Å². The van der Waals surface area contributed by atoms with Gasteiger partial charge in [0.1, 0.15) is 18.0 Å². The molecule has 0 unspecified atom stereocenters. The molecular weight excluding hydrogens is 342 g/mol. The minimum absolute atomic E-state index is 0.619. The van der Waals surface area contributed by atoms with Crippen LogP contribution in [-0.4, -0.2) is 15.0 Å². The third-order valence-corrected chi connectivity index (χ3v) is 3.43. The topological polar surface area (TPSA) is 62.7 Å². The third kappa shape index (κ3) is 4.02. The number of aromatic nitrogens is 3. The Morgan fingerprint density at radius 1 is 0.909 bits per heavy atom. The van der Waals surface area contributed by atoms with Crippen molar-refractivity contribution in [1.82, 2.24) is 15.0 Å². The number of benzene rings is 1. The number of halogens is 1. The Hall–Kier alpha value is -2.47. The molecule has 2 heterocycles. The molecule has 0 atom stereocenters. The molecule has 0 radical (unpaired) electrons. The van der Waals surface area contributed by atoms with E-state index in [1.54, 1.807) is 6.20 Å². The van der Waals surface area contributed by atoms with E-state index in [0.29, 0.717) is 6.54 Å². The first-order valence-electron chi connectivity index (χ1n) is 6.78. The molecule has 0 spiro atoms. The number of nitrogens with zero attached hydrogens (tertiary/aromatic N) is 3. The minimum atomic E-state index is 0.619. The van der Waals surface area contributed by atoms with Gasteiger partial charge in [-0.25, -0.2) is 9.97 Å². The monoisotopic (exact) mass is 355 g/mol. The first-order valence-corrected chi connectivity index (χ1v) is 7.57. The first-order chi connectivity index (χ1) is 10.8. The van der Waals surface area contributed by atoms with Gasteiger partial charge in [-0.3, -0.25) is 4.98 Å². The van der Waals surface area contributed by atoms with Gasteiger partial charge in [0.2, 0.25) is 0 Å². The van der Waals surface area contributed by atoms with Crippen molar-refractivity contribution in [3.63, 3.8) is 0 Å². The SMILES string of the molecule is Brc1cccc(Nc2cc(NCc3ccccn3)ncn2)c1. The van der Waals surface area contributed by atoms with Crippen molar-refractivity contribution in [2.24, 2.45) is 0 Å². The third-order valence-electron chi connectivity index (χ3n) is 2.94. The summed E-state index contributed by atoms with van der Waals surface area (Å²) >= 11 is 3.45. The summed E-state index contributed by atoms with van der Waals surface area (Å²) in [7, 11) is 0. The number of hydrogen-bond donors (Lipinski definition) is 2. The summed E-state index contributed by atoms with van der Waals surface area (Å²) in [6, 6.07) is 15.6. The molecule has 0 amide bonds. The molecule has 22 heavy (non-hydrogen) atoms. The number of pyridine rings is 1. The predicted octanol–water partition coefficient (Wildman–Crippen LogP) is 3.99. The van der Waals surface area contributed by atoms with Gasteiger partial charge in [0.25, 0.3) is 0 Å². The largest absolute Gasteiger partial charge is 0.364 e. The Morgan fingerprint density at radius 3 is 2.64 bits per heavy atom. The normalized spacial score (nSPS) is 10.2. The van der Waals surface area contributed by atoms with Crippen LogP contribution in [0.5, 0.6) is 0 Å². The fourth-order valence-electron chi connectivity index (χ4n) is 1.92. The molecule has 3 rings (SSSR count). The highest BCUT2D eigenvalue weighted by molar-refractivity contribution is 9.10. The van der Waals surface area contributed by atoms with Crippen molar-refractivity contribution in [2.75, 3.05) is 10.6 Å². The van der Waals surface area contributed by atoms with Gasteiger partial charge < -0.3 is 10.6 Å². The summed E-state index contributed by atoms with van der Waals surface area (Å²) in [5, 5.41) is 6.48. The van der Waals surface area contributed by atoms with Crippen molar-refractivity contribution in [1.29, 1.82) is 0 Å². The van der Waals surface area contributed by atoms with Crippen LogP contribution in [0.4, 0.5) is 17.3 Å². The van der Waals surface area contributed by atoms with E-state index in [0.717, 1.165) is 27.5 Å². The number of nitrogens with one attached hydrogen (secondary N) is 2. The van der Waals surface area contributed by atoms with Gasteiger partial charge in [0, 0.05) is 22.4 Å². The van der Waals surface area contributed by atoms with E-state index in [4.69, 9.17) is 0 Å². The molecule has 110 valence electrons. The zero-order valence-corrected chi connectivity index (χ0v) is 13.3. The van der Waals surface area contributed by atoms with Crippen molar-refractivity contribution < 1.29 is 0 Å². The smallest absolute Gasteiger partial charge is 0.135 e. The molecule has 2 aromatic heterocycles. The molecule has 2 N–H and O–H groups in total.